The Morgan fingerprint density at radius 1 is 0.667 bits per heavy atom. The lowest BCUT2D eigenvalue weighted by atomic mass is 10.2. The van der Waals surface area contributed by atoms with E-state index < -0.39 is 23.1 Å². The first-order valence-electron chi connectivity index (χ1n) is 12.1. The first kappa shape index (κ1) is 29.1. The van der Waals surface area contributed by atoms with E-state index in [1.807, 2.05) is 36.4 Å². The van der Waals surface area contributed by atoms with Crippen molar-refractivity contribution in [2.24, 2.45) is 0 Å². The van der Waals surface area contributed by atoms with Gasteiger partial charge < -0.3 is 9.90 Å². The number of nitro benzene ring substituents is 2. The maximum atomic E-state index is 11.7. The Balaban J connectivity index is 0.000000983. The maximum absolute atomic E-state index is 11.7. The van der Waals surface area contributed by atoms with Gasteiger partial charge in [-0.2, -0.15) is 0 Å². The third-order valence-corrected chi connectivity index (χ3v) is 11.2. The van der Waals surface area contributed by atoms with Crippen LogP contribution in [0.25, 0.3) is 0 Å². The van der Waals surface area contributed by atoms with Gasteiger partial charge in [-0.3, -0.25) is 20.2 Å². The lowest BCUT2D eigenvalue weighted by Crippen LogP contribution is -2.36. The number of rotatable bonds is 7. The van der Waals surface area contributed by atoms with E-state index in [0.717, 1.165) is 45.6 Å². The summed E-state index contributed by atoms with van der Waals surface area (Å²) in [5, 5.41) is 35.7. The number of carbonyl (C=O) groups is 1. The van der Waals surface area contributed by atoms with Crippen LogP contribution in [0.15, 0.2) is 91.0 Å². The van der Waals surface area contributed by atoms with E-state index in [9.17, 15) is 20.2 Å². The second-order valence-electron chi connectivity index (χ2n) is 9.19. The van der Waals surface area contributed by atoms with Gasteiger partial charge in [-0.05, 0) is 62.6 Å². The van der Waals surface area contributed by atoms with E-state index >= 15 is 0 Å². The van der Waals surface area contributed by atoms with Crippen molar-refractivity contribution in [3.05, 3.63) is 133 Å². The number of carboxylic acid groups (broad SMARTS) is 1. The van der Waals surface area contributed by atoms with Crippen molar-refractivity contribution in [3.63, 3.8) is 0 Å². The molecule has 9 heteroatoms. The second kappa shape index (κ2) is 12.4. The number of aryl methyl sites for hydroxylation is 3. The molecule has 0 aliphatic heterocycles. The molecule has 8 nitrogen and oxygen atoms in total. The molecule has 0 fully saturated rings. The van der Waals surface area contributed by atoms with Gasteiger partial charge in [0, 0.05) is 23.7 Å². The highest BCUT2D eigenvalue weighted by Gasteiger charge is 2.48. The minimum absolute atomic E-state index is 0.272. The average molecular weight is 545 g/mol. The molecule has 0 saturated carbocycles. The van der Waals surface area contributed by atoms with Crippen LogP contribution in [0.3, 0.4) is 0 Å². The number of hydrogen-bond donors (Lipinski definition) is 0. The van der Waals surface area contributed by atoms with Crippen LogP contribution in [0.5, 0.6) is 0 Å². The Kier molecular flexibility index (Phi) is 9.28. The molecule has 0 spiro atoms. The number of non-ortho nitro benzene ring substituents is 2. The maximum Gasteiger partial charge on any atom is 0.276 e. The van der Waals surface area contributed by atoms with Crippen LogP contribution in [-0.2, 0) is 11.0 Å². The molecule has 0 N–H and O–H groups in total. The largest absolute Gasteiger partial charge is 0.550 e. The minimum Gasteiger partial charge on any atom is -0.550 e. The van der Waals surface area contributed by atoms with Crippen LogP contribution in [0.2, 0.25) is 0 Å². The third-order valence-electron chi connectivity index (χ3n) is 6.38. The quantitative estimate of drug-likeness (QED) is 0.189. The fourth-order valence-electron chi connectivity index (χ4n) is 4.85. The van der Waals surface area contributed by atoms with Gasteiger partial charge in [0.2, 0.25) is 0 Å². The summed E-state index contributed by atoms with van der Waals surface area (Å²) in [6, 6.07) is 28.7. The zero-order valence-corrected chi connectivity index (χ0v) is 23.1. The standard InChI is InChI=1S/C28H26N2O4P.C2H4O2/c1-20-10-4-7-13-26(20)35(27-14-8-5-11-21(27)2,28-15-9-6-12-22(28)3)19-23-16-24(29(31)32)18-25(17-23)30(33)34;1-2(3)4/h4-18H,19H2,1-3H3;1H3,(H,3,4)/q+1;/p-1. The molecule has 0 unspecified atom stereocenters. The lowest BCUT2D eigenvalue weighted by molar-refractivity contribution is -0.394. The summed E-state index contributed by atoms with van der Waals surface area (Å²) in [5.74, 6) is -1.08. The molecule has 200 valence electrons. The summed E-state index contributed by atoms with van der Waals surface area (Å²) >= 11 is 0. The predicted molar refractivity (Wildman–Crippen MR) is 153 cm³/mol. The molecule has 39 heavy (non-hydrogen) atoms. The summed E-state index contributed by atoms with van der Waals surface area (Å²) in [6.07, 6.45) is 0.427. The molecular weight excluding hydrogens is 515 g/mol. The highest BCUT2D eigenvalue weighted by atomic mass is 31.2. The van der Waals surface area contributed by atoms with Gasteiger partial charge in [0.05, 0.1) is 22.1 Å². The summed E-state index contributed by atoms with van der Waals surface area (Å²) in [6.45, 7) is 7.21. The van der Waals surface area contributed by atoms with Gasteiger partial charge in [0.25, 0.3) is 11.4 Å². The Morgan fingerprint density at radius 3 is 1.26 bits per heavy atom. The van der Waals surface area contributed by atoms with E-state index in [2.05, 4.69) is 57.2 Å². The Bertz CT molecular complexity index is 1390. The molecule has 0 amide bonds. The van der Waals surface area contributed by atoms with Gasteiger partial charge in [-0.15, -0.1) is 0 Å². The molecule has 4 aromatic rings. The summed E-state index contributed by atoms with van der Waals surface area (Å²) in [4.78, 5) is 31.1. The molecule has 0 aliphatic carbocycles. The number of nitrogens with zero attached hydrogens (tertiary/aromatic N) is 2. The number of benzene rings is 4. The highest BCUT2D eigenvalue weighted by molar-refractivity contribution is 7.95. The highest BCUT2D eigenvalue weighted by Crippen LogP contribution is 2.60. The topological polar surface area (TPSA) is 126 Å². The molecule has 0 aliphatic rings. The number of hydrogen-bond acceptors (Lipinski definition) is 6. The van der Waals surface area contributed by atoms with Gasteiger partial charge in [0.15, 0.2) is 0 Å². The van der Waals surface area contributed by atoms with Crippen molar-refractivity contribution < 1.29 is 19.7 Å². The van der Waals surface area contributed by atoms with Crippen LogP contribution < -0.4 is 21.0 Å². The Labute approximate surface area is 227 Å². The number of aliphatic carboxylic acids is 1. The number of carboxylic acids is 1. The van der Waals surface area contributed by atoms with E-state index in [-0.39, 0.29) is 11.4 Å². The summed E-state index contributed by atoms with van der Waals surface area (Å²) < 4.78 is 0. The Hall–Kier alpha value is -4.42. The van der Waals surface area contributed by atoms with Crippen molar-refractivity contribution in [1.82, 2.24) is 0 Å². The van der Waals surface area contributed by atoms with Crippen LogP contribution >= 0.6 is 7.26 Å². The van der Waals surface area contributed by atoms with Gasteiger partial charge in [-0.1, -0.05) is 54.6 Å². The van der Waals surface area contributed by atoms with Gasteiger partial charge in [0.1, 0.15) is 23.2 Å². The van der Waals surface area contributed by atoms with E-state index in [1.54, 1.807) is 0 Å². The second-order valence-corrected chi connectivity index (χ2v) is 12.6. The van der Waals surface area contributed by atoms with Crippen molar-refractivity contribution in [3.8, 4) is 0 Å². The fraction of sp³-hybridized carbons (Fsp3) is 0.167. The van der Waals surface area contributed by atoms with E-state index in [4.69, 9.17) is 9.90 Å². The number of carbonyl (C=O) groups excluding carboxylic acids is 1. The van der Waals surface area contributed by atoms with Crippen LogP contribution in [0, 0.1) is 41.0 Å². The first-order valence-corrected chi connectivity index (χ1v) is 14.1. The van der Waals surface area contributed by atoms with E-state index in [1.165, 1.54) is 12.1 Å². The average Bonchev–Trinajstić information content (AvgIpc) is 2.88. The van der Waals surface area contributed by atoms with Crippen LogP contribution in [0.1, 0.15) is 29.2 Å². The van der Waals surface area contributed by atoms with Crippen molar-refractivity contribution >= 4 is 40.5 Å². The molecule has 4 aromatic carbocycles. The molecule has 0 bridgehead atoms. The van der Waals surface area contributed by atoms with E-state index in [0.29, 0.717) is 11.7 Å². The third kappa shape index (κ3) is 6.54. The predicted octanol–water partition coefficient (Wildman–Crippen LogP) is 4.68. The first-order chi connectivity index (χ1) is 18.5. The zero-order chi connectivity index (χ0) is 28.7. The smallest absolute Gasteiger partial charge is 0.276 e. The lowest BCUT2D eigenvalue weighted by Gasteiger charge is -2.31. The molecule has 0 saturated heterocycles. The normalized spacial score (nSPS) is 10.8. The van der Waals surface area contributed by atoms with Crippen LogP contribution in [-0.4, -0.2) is 15.8 Å². The molecule has 0 heterocycles. The molecule has 0 aromatic heterocycles. The SMILES string of the molecule is CC(=O)[O-].Cc1ccccc1[P+](Cc1cc([N+](=O)[O-])cc([N+](=O)[O-])c1)(c1ccccc1C)c1ccccc1C. The number of nitro groups is 2. The molecular formula is C30H29N2O6P. The summed E-state index contributed by atoms with van der Waals surface area (Å²) in [5.41, 5.74) is 3.39. The minimum atomic E-state index is -2.43. The molecule has 0 atom stereocenters. The van der Waals surface area contributed by atoms with Crippen molar-refractivity contribution in [2.45, 2.75) is 33.9 Å². The Morgan fingerprint density at radius 2 is 0.974 bits per heavy atom. The van der Waals surface area contributed by atoms with Crippen molar-refractivity contribution in [1.29, 1.82) is 0 Å². The van der Waals surface area contributed by atoms with Gasteiger partial charge in [-0.25, -0.2) is 0 Å². The van der Waals surface area contributed by atoms with Gasteiger partial charge >= 0.3 is 0 Å². The summed E-state index contributed by atoms with van der Waals surface area (Å²) in [7, 11) is -2.43. The zero-order valence-electron chi connectivity index (χ0n) is 22.2. The van der Waals surface area contributed by atoms with Crippen molar-refractivity contribution in [2.75, 3.05) is 0 Å². The fourth-order valence-corrected chi connectivity index (χ4v) is 9.92. The molecule has 0 radical (unpaired) electrons. The van der Waals surface area contributed by atoms with Crippen LogP contribution in [0.4, 0.5) is 11.4 Å². The monoisotopic (exact) mass is 544 g/mol. The molecule has 4 rings (SSSR count).